The van der Waals surface area contributed by atoms with Gasteiger partial charge in [0.2, 0.25) is 5.91 Å². The van der Waals surface area contributed by atoms with E-state index in [0.717, 1.165) is 11.0 Å². The average molecular weight is 261 g/mol. The van der Waals surface area contributed by atoms with Crippen molar-refractivity contribution < 1.29 is 4.79 Å². The highest BCUT2D eigenvalue weighted by atomic mass is 16.2. The number of hydrogen-bond acceptors (Lipinski definition) is 2. The molecule has 0 saturated heterocycles. The predicted octanol–water partition coefficient (Wildman–Crippen LogP) is 1.49. The fourth-order valence-corrected chi connectivity index (χ4v) is 2.08. The summed E-state index contributed by atoms with van der Waals surface area (Å²) in [6.45, 7) is 4.95. The summed E-state index contributed by atoms with van der Waals surface area (Å²) in [6, 6.07) is 7.53. The number of aromatic nitrogens is 2. The van der Waals surface area contributed by atoms with Crippen molar-refractivity contribution in [3.63, 3.8) is 0 Å². The molecule has 0 aliphatic heterocycles. The lowest BCUT2D eigenvalue weighted by Crippen LogP contribution is -2.30. The molecule has 2 rings (SSSR count). The van der Waals surface area contributed by atoms with Crippen molar-refractivity contribution >= 4 is 16.9 Å². The number of aromatic amines is 1. The number of fused-ring (bicyclic) bond motifs is 1. The van der Waals surface area contributed by atoms with Gasteiger partial charge in [0.05, 0.1) is 11.0 Å². The van der Waals surface area contributed by atoms with Crippen molar-refractivity contribution in [3.8, 4) is 0 Å². The van der Waals surface area contributed by atoms with Crippen LogP contribution in [0.1, 0.15) is 20.3 Å². The van der Waals surface area contributed by atoms with Crippen LogP contribution < -0.4 is 11.0 Å². The molecule has 1 heterocycles. The van der Waals surface area contributed by atoms with Crippen molar-refractivity contribution in [1.82, 2.24) is 14.9 Å². The van der Waals surface area contributed by atoms with E-state index in [1.165, 1.54) is 0 Å². The largest absolute Gasteiger partial charge is 0.354 e. The second kappa shape index (κ2) is 5.73. The highest BCUT2D eigenvalue weighted by molar-refractivity contribution is 5.76. The first kappa shape index (κ1) is 13.4. The van der Waals surface area contributed by atoms with Crippen LogP contribution in [0.4, 0.5) is 0 Å². The third-order valence-electron chi connectivity index (χ3n) is 2.93. The third kappa shape index (κ3) is 3.24. The van der Waals surface area contributed by atoms with Crippen LogP contribution in [0.5, 0.6) is 0 Å². The van der Waals surface area contributed by atoms with Gasteiger partial charge in [-0.05, 0) is 18.1 Å². The molecular formula is C14H19N3O2. The van der Waals surface area contributed by atoms with Gasteiger partial charge < -0.3 is 10.3 Å². The molecule has 0 bridgehead atoms. The maximum absolute atomic E-state index is 11.8. The van der Waals surface area contributed by atoms with E-state index in [0.29, 0.717) is 25.4 Å². The molecule has 0 fully saturated rings. The molecule has 0 aliphatic carbocycles. The Bertz CT molecular complexity index is 625. The Morgan fingerprint density at radius 1 is 1.37 bits per heavy atom. The first-order valence-electron chi connectivity index (χ1n) is 6.52. The topological polar surface area (TPSA) is 66.9 Å². The smallest absolute Gasteiger partial charge is 0.326 e. The van der Waals surface area contributed by atoms with Crippen molar-refractivity contribution in [2.24, 2.45) is 5.92 Å². The zero-order valence-electron chi connectivity index (χ0n) is 11.3. The Morgan fingerprint density at radius 3 is 2.84 bits per heavy atom. The van der Waals surface area contributed by atoms with E-state index in [1.54, 1.807) is 4.57 Å². The molecule has 0 saturated carbocycles. The van der Waals surface area contributed by atoms with E-state index in [1.807, 2.05) is 38.1 Å². The maximum Gasteiger partial charge on any atom is 0.326 e. The minimum absolute atomic E-state index is 0.0305. The lowest BCUT2D eigenvalue weighted by molar-refractivity contribution is -0.121. The van der Waals surface area contributed by atoms with E-state index in [-0.39, 0.29) is 11.6 Å². The summed E-state index contributed by atoms with van der Waals surface area (Å²) in [5.41, 5.74) is 1.55. The first-order chi connectivity index (χ1) is 9.08. The zero-order valence-corrected chi connectivity index (χ0v) is 11.3. The number of nitrogens with zero attached hydrogens (tertiary/aromatic N) is 1. The quantitative estimate of drug-likeness (QED) is 0.856. The van der Waals surface area contributed by atoms with Crippen LogP contribution in [0.3, 0.4) is 0 Å². The molecular weight excluding hydrogens is 242 g/mol. The van der Waals surface area contributed by atoms with E-state index in [9.17, 15) is 9.59 Å². The normalized spacial score (nSPS) is 11.1. The van der Waals surface area contributed by atoms with Gasteiger partial charge >= 0.3 is 5.69 Å². The van der Waals surface area contributed by atoms with Crippen LogP contribution in [-0.2, 0) is 11.3 Å². The molecule has 1 amide bonds. The van der Waals surface area contributed by atoms with Gasteiger partial charge in [-0.25, -0.2) is 4.79 Å². The van der Waals surface area contributed by atoms with E-state index >= 15 is 0 Å². The lowest BCUT2D eigenvalue weighted by Gasteiger charge is -2.07. The van der Waals surface area contributed by atoms with E-state index < -0.39 is 0 Å². The highest BCUT2D eigenvalue weighted by Gasteiger charge is 2.07. The fraction of sp³-hybridized carbons (Fsp3) is 0.429. The van der Waals surface area contributed by atoms with Crippen LogP contribution in [0.2, 0.25) is 0 Å². The molecule has 0 atom stereocenters. The van der Waals surface area contributed by atoms with E-state index in [4.69, 9.17) is 0 Å². The Hall–Kier alpha value is -2.04. The van der Waals surface area contributed by atoms with Gasteiger partial charge in [0, 0.05) is 19.5 Å². The number of imidazole rings is 1. The van der Waals surface area contributed by atoms with Crippen LogP contribution in [0, 0.1) is 5.92 Å². The predicted molar refractivity (Wildman–Crippen MR) is 75.0 cm³/mol. The van der Waals surface area contributed by atoms with Crippen LogP contribution in [-0.4, -0.2) is 22.0 Å². The molecule has 0 unspecified atom stereocenters. The number of carbonyl (C=O) groups excluding carboxylic acids is 1. The lowest BCUT2D eigenvalue weighted by atomic mass is 10.1. The monoisotopic (exact) mass is 261 g/mol. The van der Waals surface area contributed by atoms with Gasteiger partial charge in [-0.15, -0.1) is 0 Å². The van der Waals surface area contributed by atoms with Crippen molar-refractivity contribution in [3.05, 3.63) is 34.7 Å². The second-order valence-electron chi connectivity index (χ2n) is 5.05. The Morgan fingerprint density at radius 2 is 2.11 bits per heavy atom. The van der Waals surface area contributed by atoms with Gasteiger partial charge in [0.15, 0.2) is 0 Å². The number of rotatable bonds is 5. The molecule has 19 heavy (non-hydrogen) atoms. The summed E-state index contributed by atoms with van der Waals surface area (Å²) < 4.78 is 1.64. The van der Waals surface area contributed by atoms with Crippen LogP contribution in [0.15, 0.2) is 29.1 Å². The number of nitrogens with one attached hydrogen (secondary N) is 2. The molecule has 0 aliphatic rings. The van der Waals surface area contributed by atoms with Gasteiger partial charge in [0.25, 0.3) is 0 Å². The first-order valence-corrected chi connectivity index (χ1v) is 6.52. The van der Waals surface area contributed by atoms with Gasteiger partial charge in [-0.3, -0.25) is 9.36 Å². The standard InChI is InChI=1S/C14H19N3O2/c1-10(2)9-13(18)15-7-8-17-12-6-4-3-5-11(12)16-14(17)19/h3-6,10H,7-9H2,1-2H3,(H,15,18)(H,16,19). The molecule has 5 heteroatoms. The summed E-state index contributed by atoms with van der Waals surface area (Å²) in [6.07, 6.45) is 0.517. The number of amides is 1. The summed E-state index contributed by atoms with van der Waals surface area (Å²) in [7, 11) is 0. The van der Waals surface area contributed by atoms with Gasteiger partial charge in [0.1, 0.15) is 0 Å². The number of benzene rings is 1. The van der Waals surface area contributed by atoms with Crippen molar-refractivity contribution in [2.75, 3.05) is 6.54 Å². The minimum atomic E-state index is -0.140. The molecule has 102 valence electrons. The maximum atomic E-state index is 11.8. The highest BCUT2D eigenvalue weighted by Crippen LogP contribution is 2.08. The van der Waals surface area contributed by atoms with Crippen molar-refractivity contribution in [1.29, 1.82) is 0 Å². The Kier molecular flexibility index (Phi) is 4.04. The molecule has 0 radical (unpaired) electrons. The SMILES string of the molecule is CC(C)CC(=O)NCCn1c(=O)[nH]c2ccccc21. The summed E-state index contributed by atoms with van der Waals surface area (Å²) in [5, 5.41) is 2.83. The molecule has 0 spiro atoms. The number of carbonyl (C=O) groups is 1. The fourth-order valence-electron chi connectivity index (χ4n) is 2.08. The van der Waals surface area contributed by atoms with E-state index in [2.05, 4.69) is 10.3 Å². The third-order valence-corrected chi connectivity index (χ3v) is 2.93. The summed E-state index contributed by atoms with van der Waals surface area (Å²) in [5.74, 6) is 0.374. The average Bonchev–Trinajstić information content (AvgIpc) is 2.65. The van der Waals surface area contributed by atoms with Crippen LogP contribution >= 0.6 is 0 Å². The Labute approximate surface area is 111 Å². The summed E-state index contributed by atoms with van der Waals surface area (Å²) in [4.78, 5) is 26.1. The molecule has 2 aromatic rings. The Balaban J connectivity index is 2.00. The number of hydrogen-bond donors (Lipinski definition) is 2. The molecule has 2 N–H and O–H groups in total. The second-order valence-corrected chi connectivity index (χ2v) is 5.05. The number of para-hydroxylation sites is 2. The van der Waals surface area contributed by atoms with Gasteiger partial charge in [-0.2, -0.15) is 0 Å². The minimum Gasteiger partial charge on any atom is -0.354 e. The molecule has 1 aromatic carbocycles. The summed E-state index contributed by atoms with van der Waals surface area (Å²) >= 11 is 0. The van der Waals surface area contributed by atoms with Crippen molar-refractivity contribution in [2.45, 2.75) is 26.8 Å². The number of H-pyrrole nitrogens is 1. The molecule has 5 nitrogen and oxygen atoms in total. The van der Waals surface area contributed by atoms with Gasteiger partial charge in [-0.1, -0.05) is 26.0 Å². The molecule has 1 aromatic heterocycles. The zero-order chi connectivity index (χ0) is 13.8. The van der Waals surface area contributed by atoms with Crippen LogP contribution in [0.25, 0.3) is 11.0 Å².